The quantitative estimate of drug-likeness (QED) is 0.809. The van der Waals surface area contributed by atoms with Gasteiger partial charge in [0, 0.05) is 6.07 Å². The zero-order valence-corrected chi connectivity index (χ0v) is 15.4. The Bertz CT molecular complexity index is 855. The largest absolute Gasteiger partial charge is 0.497 e. The molecule has 2 aromatic rings. The van der Waals surface area contributed by atoms with Gasteiger partial charge < -0.3 is 14.2 Å². The molecule has 2 rings (SSSR count). The van der Waals surface area contributed by atoms with Gasteiger partial charge >= 0.3 is 0 Å². The van der Waals surface area contributed by atoms with E-state index >= 15 is 0 Å². The molecule has 0 aliphatic heterocycles. The van der Waals surface area contributed by atoms with Crippen molar-refractivity contribution in [1.29, 1.82) is 0 Å². The van der Waals surface area contributed by atoms with Gasteiger partial charge in [-0.1, -0.05) is 23.2 Å². The monoisotopic (exact) mass is 391 g/mol. The number of rotatable bonds is 6. The highest BCUT2D eigenvalue weighted by Gasteiger charge is 2.23. The molecule has 1 N–H and O–H groups in total. The van der Waals surface area contributed by atoms with Crippen LogP contribution >= 0.6 is 23.2 Å². The highest BCUT2D eigenvalue weighted by atomic mass is 35.5. The summed E-state index contributed by atoms with van der Waals surface area (Å²) in [6.07, 6.45) is 0. The standard InChI is InChI=1S/C15H15Cl2NO5S/c1-21-9-4-5-10(12(8-9)23-3)18-24(19,20)13-7-6-11(22-2)14(16)15(13)17/h4-8,18H,1-3H3. The molecule has 0 radical (unpaired) electrons. The first-order chi connectivity index (χ1) is 11.3. The molecule has 0 aromatic heterocycles. The lowest BCUT2D eigenvalue weighted by Crippen LogP contribution is -2.14. The molecule has 2 aromatic carbocycles. The van der Waals surface area contributed by atoms with Gasteiger partial charge in [-0.2, -0.15) is 0 Å². The van der Waals surface area contributed by atoms with Gasteiger partial charge in [-0.05, 0) is 24.3 Å². The maximum Gasteiger partial charge on any atom is 0.263 e. The van der Waals surface area contributed by atoms with E-state index in [9.17, 15) is 8.42 Å². The minimum Gasteiger partial charge on any atom is -0.497 e. The van der Waals surface area contributed by atoms with Crippen molar-refractivity contribution in [3.05, 3.63) is 40.4 Å². The van der Waals surface area contributed by atoms with Crippen LogP contribution in [0.5, 0.6) is 17.2 Å². The fourth-order valence-corrected chi connectivity index (χ4v) is 3.87. The summed E-state index contributed by atoms with van der Waals surface area (Å²) in [5.41, 5.74) is 0.237. The number of anilines is 1. The Morgan fingerprint density at radius 2 is 1.54 bits per heavy atom. The van der Waals surface area contributed by atoms with Gasteiger partial charge in [0.05, 0.1) is 32.0 Å². The highest BCUT2D eigenvalue weighted by Crippen LogP contribution is 2.38. The van der Waals surface area contributed by atoms with Crippen molar-refractivity contribution in [2.24, 2.45) is 0 Å². The zero-order chi connectivity index (χ0) is 17.9. The Labute approximate surface area is 150 Å². The van der Waals surface area contributed by atoms with E-state index in [4.69, 9.17) is 37.4 Å². The van der Waals surface area contributed by atoms with Crippen molar-refractivity contribution < 1.29 is 22.6 Å². The van der Waals surface area contributed by atoms with Crippen LogP contribution in [0, 0.1) is 0 Å². The van der Waals surface area contributed by atoms with Crippen LogP contribution in [0.4, 0.5) is 5.69 Å². The van der Waals surface area contributed by atoms with E-state index < -0.39 is 10.0 Å². The van der Waals surface area contributed by atoms with Crippen LogP contribution in [0.2, 0.25) is 10.0 Å². The van der Waals surface area contributed by atoms with Gasteiger partial charge in [0.25, 0.3) is 10.0 Å². The number of methoxy groups -OCH3 is 3. The van der Waals surface area contributed by atoms with Crippen LogP contribution in [0.1, 0.15) is 0 Å². The van der Waals surface area contributed by atoms with Gasteiger partial charge in [-0.3, -0.25) is 4.72 Å². The lowest BCUT2D eigenvalue weighted by atomic mass is 10.3. The second kappa shape index (κ2) is 7.38. The number of halogens is 2. The number of benzene rings is 2. The summed E-state index contributed by atoms with van der Waals surface area (Å²) in [6.45, 7) is 0. The third kappa shape index (κ3) is 3.63. The summed E-state index contributed by atoms with van der Waals surface area (Å²) in [4.78, 5) is -0.173. The first-order valence-electron chi connectivity index (χ1n) is 6.61. The Balaban J connectivity index is 2.45. The number of nitrogens with one attached hydrogen (secondary N) is 1. The normalized spacial score (nSPS) is 11.0. The molecule has 0 bridgehead atoms. The van der Waals surface area contributed by atoms with Gasteiger partial charge in [0.2, 0.25) is 0 Å². The Morgan fingerprint density at radius 3 is 2.12 bits per heavy atom. The summed E-state index contributed by atoms with van der Waals surface area (Å²) in [7, 11) is 0.341. The predicted octanol–water partition coefficient (Wildman–Crippen LogP) is 3.82. The third-order valence-corrected chi connectivity index (χ3v) is 5.56. The molecule has 0 unspecified atom stereocenters. The maximum atomic E-state index is 12.6. The van der Waals surface area contributed by atoms with Crippen LogP contribution in [0.15, 0.2) is 35.2 Å². The SMILES string of the molecule is COc1ccc(NS(=O)(=O)c2ccc(OC)c(Cl)c2Cl)c(OC)c1. The zero-order valence-electron chi connectivity index (χ0n) is 13.1. The molecule has 6 nitrogen and oxygen atoms in total. The summed E-state index contributed by atoms with van der Waals surface area (Å²) in [5.74, 6) is 1.11. The van der Waals surface area contributed by atoms with E-state index in [1.165, 1.54) is 39.5 Å². The summed E-state index contributed by atoms with van der Waals surface area (Å²) < 4.78 is 42.9. The minimum absolute atomic E-state index is 0.0173. The van der Waals surface area contributed by atoms with Crippen molar-refractivity contribution in [3.63, 3.8) is 0 Å². The smallest absolute Gasteiger partial charge is 0.263 e. The van der Waals surface area contributed by atoms with Crippen molar-refractivity contribution in [1.82, 2.24) is 0 Å². The molecule has 130 valence electrons. The molecule has 0 atom stereocenters. The second-order valence-corrected chi connectivity index (χ2v) is 6.97. The molecule has 0 fully saturated rings. The van der Waals surface area contributed by atoms with Crippen molar-refractivity contribution >= 4 is 38.9 Å². The predicted molar refractivity (Wildman–Crippen MR) is 93.4 cm³/mol. The van der Waals surface area contributed by atoms with Gasteiger partial charge in [0.15, 0.2) is 0 Å². The molecule has 0 heterocycles. The number of sulfonamides is 1. The molecule has 0 saturated heterocycles. The molecule has 24 heavy (non-hydrogen) atoms. The molecule has 0 aliphatic rings. The second-order valence-electron chi connectivity index (χ2n) is 4.57. The first-order valence-corrected chi connectivity index (χ1v) is 8.84. The van der Waals surface area contributed by atoms with Gasteiger partial charge in [-0.25, -0.2) is 8.42 Å². The fourth-order valence-electron chi connectivity index (χ4n) is 1.96. The Morgan fingerprint density at radius 1 is 0.875 bits per heavy atom. The van der Waals surface area contributed by atoms with Crippen LogP contribution in [0.3, 0.4) is 0 Å². The van der Waals surface area contributed by atoms with Crippen LogP contribution in [-0.2, 0) is 10.0 Å². The van der Waals surface area contributed by atoms with Crippen LogP contribution < -0.4 is 18.9 Å². The van der Waals surface area contributed by atoms with Crippen molar-refractivity contribution in [2.75, 3.05) is 26.1 Å². The number of ether oxygens (including phenoxy) is 3. The molecule has 0 amide bonds. The topological polar surface area (TPSA) is 73.9 Å². The Kier molecular flexibility index (Phi) is 5.69. The van der Waals surface area contributed by atoms with Crippen molar-refractivity contribution in [2.45, 2.75) is 4.90 Å². The molecular formula is C15H15Cl2NO5S. The molecule has 9 heteroatoms. The highest BCUT2D eigenvalue weighted by molar-refractivity contribution is 7.92. The first kappa shape index (κ1) is 18.5. The average molecular weight is 392 g/mol. The van der Waals surface area contributed by atoms with Gasteiger partial charge in [-0.15, -0.1) is 0 Å². The molecular weight excluding hydrogens is 377 g/mol. The maximum absolute atomic E-state index is 12.6. The van der Waals surface area contributed by atoms with E-state index in [1.807, 2.05) is 0 Å². The van der Waals surface area contributed by atoms with E-state index in [1.54, 1.807) is 12.1 Å². The Hall–Kier alpha value is -1.83. The van der Waals surface area contributed by atoms with E-state index in [-0.39, 0.29) is 26.4 Å². The minimum atomic E-state index is -3.99. The van der Waals surface area contributed by atoms with Crippen LogP contribution in [0.25, 0.3) is 0 Å². The summed E-state index contributed by atoms with van der Waals surface area (Å²) >= 11 is 12.1. The molecule has 0 saturated carbocycles. The van der Waals surface area contributed by atoms with Crippen molar-refractivity contribution in [3.8, 4) is 17.2 Å². The van der Waals surface area contributed by atoms with E-state index in [2.05, 4.69) is 4.72 Å². The lowest BCUT2D eigenvalue weighted by molar-refractivity contribution is 0.395. The number of hydrogen-bond acceptors (Lipinski definition) is 5. The van der Waals surface area contributed by atoms with E-state index in [0.717, 1.165) is 0 Å². The number of hydrogen-bond donors (Lipinski definition) is 1. The molecule has 0 spiro atoms. The van der Waals surface area contributed by atoms with Crippen LogP contribution in [-0.4, -0.2) is 29.7 Å². The summed E-state index contributed by atoms with van der Waals surface area (Å²) in [5, 5.41) is -0.111. The average Bonchev–Trinajstić information content (AvgIpc) is 2.57. The lowest BCUT2D eigenvalue weighted by Gasteiger charge is -2.14. The summed E-state index contributed by atoms with van der Waals surface area (Å²) in [6, 6.07) is 7.41. The van der Waals surface area contributed by atoms with Gasteiger partial charge in [0.1, 0.15) is 27.2 Å². The molecule has 0 aliphatic carbocycles. The third-order valence-electron chi connectivity index (χ3n) is 3.17. The fraction of sp³-hybridized carbons (Fsp3) is 0.200. The van der Waals surface area contributed by atoms with E-state index in [0.29, 0.717) is 11.5 Å².